The highest BCUT2D eigenvalue weighted by Gasteiger charge is 1.96. The molecule has 0 spiro atoms. The normalized spacial score (nSPS) is 11.7. The van der Waals surface area contributed by atoms with Gasteiger partial charge < -0.3 is 0 Å². The molecule has 110 valence electrons. The van der Waals surface area contributed by atoms with Gasteiger partial charge in [0.25, 0.3) is 0 Å². The van der Waals surface area contributed by atoms with E-state index >= 15 is 0 Å². The third-order valence-corrected chi connectivity index (χ3v) is 3.81. The molecule has 0 aromatic rings. The molecule has 0 saturated carbocycles. The quantitative estimate of drug-likeness (QED) is 0.311. The lowest BCUT2D eigenvalue weighted by Crippen LogP contribution is -1.88. The Hall–Kier alpha value is 0. The van der Waals surface area contributed by atoms with Crippen molar-refractivity contribution < 1.29 is 0 Å². The lowest BCUT2D eigenvalue weighted by molar-refractivity contribution is 0.494. The topological polar surface area (TPSA) is 0 Å². The summed E-state index contributed by atoms with van der Waals surface area (Å²) in [7, 11) is 0. The number of rotatable bonds is 13. The second-order valence-electron chi connectivity index (χ2n) is 6.90. The largest absolute Gasteiger partial charge is 0.0628 e. The van der Waals surface area contributed by atoms with Crippen LogP contribution in [0.3, 0.4) is 0 Å². The Morgan fingerprint density at radius 1 is 0.389 bits per heavy atom. The zero-order valence-electron chi connectivity index (χ0n) is 13.6. The first-order valence-corrected chi connectivity index (χ1v) is 8.63. The van der Waals surface area contributed by atoms with Crippen LogP contribution in [0.1, 0.15) is 105 Å². The van der Waals surface area contributed by atoms with Gasteiger partial charge >= 0.3 is 0 Å². The van der Waals surface area contributed by atoms with E-state index < -0.39 is 0 Å². The highest BCUT2D eigenvalue weighted by atomic mass is 14.0. The molecule has 0 heterocycles. The lowest BCUT2D eigenvalue weighted by atomic mass is 10.0. The van der Waals surface area contributed by atoms with Crippen molar-refractivity contribution in [2.75, 3.05) is 0 Å². The number of hydrogen-bond donors (Lipinski definition) is 0. The molecular formula is C18H38. The molecule has 0 nitrogen and oxygen atoms in total. The van der Waals surface area contributed by atoms with E-state index in [0.29, 0.717) is 0 Å². The van der Waals surface area contributed by atoms with E-state index in [1.165, 1.54) is 77.0 Å². The first kappa shape index (κ1) is 18.0. The molecule has 0 aliphatic carbocycles. The van der Waals surface area contributed by atoms with Gasteiger partial charge in [-0.2, -0.15) is 0 Å². The fraction of sp³-hybridized carbons (Fsp3) is 1.00. The minimum atomic E-state index is 0.899. The molecule has 0 N–H and O–H groups in total. The van der Waals surface area contributed by atoms with Crippen molar-refractivity contribution in [2.24, 2.45) is 11.8 Å². The lowest BCUT2D eigenvalue weighted by Gasteiger charge is -2.05. The van der Waals surface area contributed by atoms with Crippen LogP contribution in [0.2, 0.25) is 0 Å². The molecule has 0 amide bonds. The first-order chi connectivity index (χ1) is 8.63. The van der Waals surface area contributed by atoms with Crippen LogP contribution >= 0.6 is 0 Å². The molecule has 0 radical (unpaired) electrons. The second-order valence-corrected chi connectivity index (χ2v) is 6.90. The van der Waals surface area contributed by atoms with Crippen LogP contribution in [0, 0.1) is 11.8 Å². The van der Waals surface area contributed by atoms with E-state index in [2.05, 4.69) is 27.7 Å². The van der Waals surface area contributed by atoms with E-state index in [1.54, 1.807) is 0 Å². The highest BCUT2D eigenvalue weighted by molar-refractivity contribution is 4.51. The molecular weight excluding hydrogens is 216 g/mol. The third-order valence-electron chi connectivity index (χ3n) is 3.81. The van der Waals surface area contributed by atoms with Crippen molar-refractivity contribution in [2.45, 2.75) is 105 Å². The molecule has 18 heavy (non-hydrogen) atoms. The second kappa shape index (κ2) is 13.4. The van der Waals surface area contributed by atoms with E-state index in [-0.39, 0.29) is 0 Å². The Kier molecular flexibility index (Phi) is 13.4. The maximum absolute atomic E-state index is 2.33. The molecule has 0 aromatic carbocycles. The molecule has 0 aliphatic rings. The standard InChI is InChI=1S/C18H38/c1-17(2)15-13-11-9-7-5-6-8-10-12-14-16-18(3)4/h17-18H,5-16H2,1-4H3. The molecule has 0 bridgehead atoms. The average Bonchev–Trinajstić information content (AvgIpc) is 2.29. The Labute approximate surface area is 117 Å². The summed E-state index contributed by atoms with van der Waals surface area (Å²) in [6.45, 7) is 9.33. The Balaban J connectivity index is 2.95. The predicted octanol–water partition coefficient (Wildman–Crippen LogP) is 6.98. The summed E-state index contributed by atoms with van der Waals surface area (Å²) >= 11 is 0. The first-order valence-electron chi connectivity index (χ1n) is 8.63. The van der Waals surface area contributed by atoms with Gasteiger partial charge in [-0.15, -0.1) is 0 Å². The van der Waals surface area contributed by atoms with E-state index in [9.17, 15) is 0 Å². The molecule has 0 atom stereocenters. The summed E-state index contributed by atoms with van der Waals surface area (Å²) < 4.78 is 0. The summed E-state index contributed by atoms with van der Waals surface area (Å²) in [4.78, 5) is 0. The van der Waals surface area contributed by atoms with Gasteiger partial charge in [-0.05, 0) is 11.8 Å². The fourth-order valence-electron chi connectivity index (χ4n) is 2.52. The average molecular weight is 255 g/mol. The molecule has 0 saturated heterocycles. The Morgan fingerprint density at radius 3 is 0.833 bits per heavy atom. The van der Waals surface area contributed by atoms with Crippen LogP contribution in [0.5, 0.6) is 0 Å². The Morgan fingerprint density at radius 2 is 0.611 bits per heavy atom. The molecule has 0 fully saturated rings. The van der Waals surface area contributed by atoms with Gasteiger partial charge in [0.1, 0.15) is 0 Å². The summed E-state index contributed by atoms with van der Waals surface area (Å²) in [5.41, 5.74) is 0. The molecule has 0 rings (SSSR count). The van der Waals surface area contributed by atoms with Gasteiger partial charge in [0.05, 0.1) is 0 Å². The van der Waals surface area contributed by atoms with Gasteiger partial charge in [0.15, 0.2) is 0 Å². The van der Waals surface area contributed by atoms with Crippen LogP contribution in [-0.2, 0) is 0 Å². The van der Waals surface area contributed by atoms with Crippen molar-refractivity contribution in [3.8, 4) is 0 Å². The zero-order valence-corrected chi connectivity index (χ0v) is 13.6. The highest BCUT2D eigenvalue weighted by Crippen LogP contribution is 2.14. The number of unbranched alkanes of at least 4 members (excludes halogenated alkanes) is 9. The zero-order chi connectivity index (χ0) is 13.6. The van der Waals surface area contributed by atoms with Gasteiger partial charge in [-0.1, -0.05) is 105 Å². The van der Waals surface area contributed by atoms with Crippen LogP contribution in [0.15, 0.2) is 0 Å². The molecule has 0 heteroatoms. The fourth-order valence-corrected chi connectivity index (χ4v) is 2.52. The smallest absolute Gasteiger partial charge is 0.0471 e. The van der Waals surface area contributed by atoms with Crippen LogP contribution in [0.4, 0.5) is 0 Å². The van der Waals surface area contributed by atoms with Gasteiger partial charge in [-0.25, -0.2) is 0 Å². The Bertz CT molecular complexity index is 128. The minimum absolute atomic E-state index is 0.899. The van der Waals surface area contributed by atoms with Crippen molar-refractivity contribution in [3.63, 3.8) is 0 Å². The monoisotopic (exact) mass is 254 g/mol. The van der Waals surface area contributed by atoms with Gasteiger partial charge in [0.2, 0.25) is 0 Å². The summed E-state index contributed by atoms with van der Waals surface area (Å²) in [6.07, 6.45) is 17.5. The van der Waals surface area contributed by atoms with Crippen LogP contribution < -0.4 is 0 Å². The van der Waals surface area contributed by atoms with E-state index in [1.807, 2.05) is 0 Å². The SMILES string of the molecule is CC(C)CCCCCCCCCCCCC(C)C. The minimum Gasteiger partial charge on any atom is -0.0628 e. The maximum atomic E-state index is 2.33. The van der Waals surface area contributed by atoms with Crippen molar-refractivity contribution in [1.82, 2.24) is 0 Å². The van der Waals surface area contributed by atoms with Crippen LogP contribution in [0.25, 0.3) is 0 Å². The molecule has 0 aliphatic heterocycles. The maximum Gasteiger partial charge on any atom is -0.0471 e. The van der Waals surface area contributed by atoms with E-state index in [0.717, 1.165) is 11.8 Å². The summed E-state index contributed by atoms with van der Waals surface area (Å²) in [5, 5.41) is 0. The third kappa shape index (κ3) is 16.0. The van der Waals surface area contributed by atoms with Crippen molar-refractivity contribution in [1.29, 1.82) is 0 Å². The van der Waals surface area contributed by atoms with E-state index in [4.69, 9.17) is 0 Å². The van der Waals surface area contributed by atoms with Gasteiger partial charge in [-0.3, -0.25) is 0 Å². The molecule has 0 aromatic heterocycles. The predicted molar refractivity (Wildman–Crippen MR) is 85.1 cm³/mol. The van der Waals surface area contributed by atoms with Crippen LogP contribution in [-0.4, -0.2) is 0 Å². The number of hydrogen-bond acceptors (Lipinski definition) is 0. The van der Waals surface area contributed by atoms with Crippen molar-refractivity contribution >= 4 is 0 Å². The molecule has 0 unspecified atom stereocenters. The summed E-state index contributed by atoms with van der Waals surface area (Å²) in [5.74, 6) is 1.80. The summed E-state index contributed by atoms with van der Waals surface area (Å²) in [6, 6.07) is 0. The van der Waals surface area contributed by atoms with Crippen molar-refractivity contribution in [3.05, 3.63) is 0 Å². The van der Waals surface area contributed by atoms with Gasteiger partial charge in [0, 0.05) is 0 Å².